The van der Waals surface area contributed by atoms with E-state index in [0.29, 0.717) is 6.54 Å². The first kappa shape index (κ1) is 14.9. The number of carboxylic acids is 1. The van der Waals surface area contributed by atoms with Crippen molar-refractivity contribution < 1.29 is 14.8 Å². The SMILES string of the molecule is NC1(NCc2ccccc2)C=CC([N+](=O)[O-])=CC1C(=O)O. The van der Waals surface area contributed by atoms with E-state index in [0.717, 1.165) is 11.6 Å². The van der Waals surface area contributed by atoms with Crippen molar-refractivity contribution in [3.8, 4) is 0 Å². The Kier molecular flexibility index (Phi) is 4.15. The second-order valence-electron chi connectivity index (χ2n) is 4.77. The predicted octanol–water partition coefficient (Wildman–Crippen LogP) is 0.862. The van der Waals surface area contributed by atoms with E-state index in [1.165, 1.54) is 12.2 Å². The normalized spacial score (nSPS) is 24.4. The van der Waals surface area contributed by atoms with Crippen LogP contribution < -0.4 is 11.1 Å². The van der Waals surface area contributed by atoms with Crippen molar-refractivity contribution in [3.63, 3.8) is 0 Å². The summed E-state index contributed by atoms with van der Waals surface area (Å²) in [6, 6.07) is 9.33. The number of nitrogens with one attached hydrogen (secondary N) is 1. The van der Waals surface area contributed by atoms with Crippen molar-refractivity contribution in [1.29, 1.82) is 0 Å². The molecule has 110 valence electrons. The number of hydrogen-bond donors (Lipinski definition) is 3. The van der Waals surface area contributed by atoms with Crippen molar-refractivity contribution in [3.05, 3.63) is 69.9 Å². The van der Waals surface area contributed by atoms with Gasteiger partial charge in [0, 0.05) is 18.7 Å². The van der Waals surface area contributed by atoms with Gasteiger partial charge in [-0.2, -0.15) is 0 Å². The highest BCUT2D eigenvalue weighted by Crippen LogP contribution is 2.24. The Balaban J connectivity index is 2.18. The highest BCUT2D eigenvalue weighted by molar-refractivity contribution is 5.75. The highest BCUT2D eigenvalue weighted by atomic mass is 16.6. The van der Waals surface area contributed by atoms with Gasteiger partial charge >= 0.3 is 5.97 Å². The molecule has 7 nitrogen and oxygen atoms in total. The van der Waals surface area contributed by atoms with E-state index < -0.39 is 22.5 Å². The van der Waals surface area contributed by atoms with Crippen molar-refractivity contribution in [2.75, 3.05) is 0 Å². The average Bonchev–Trinajstić information content (AvgIpc) is 2.46. The molecule has 0 fully saturated rings. The average molecular weight is 289 g/mol. The summed E-state index contributed by atoms with van der Waals surface area (Å²) in [4.78, 5) is 21.4. The number of nitro groups is 1. The maximum absolute atomic E-state index is 11.3. The molecule has 0 amide bonds. The molecule has 0 bridgehead atoms. The van der Waals surface area contributed by atoms with Gasteiger partial charge in [0.25, 0.3) is 5.70 Å². The van der Waals surface area contributed by atoms with Crippen LogP contribution in [0.25, 0.3) is 0 Å². The number of aliphatic carboxylic acids is 1. The molecule has 1 aliphatic rings. The third kappa shape index (κ3) is 3.33. The maximum Gasteiger partial charge on any atom is 0.314 e. The van der Waals surface area contributed by atoms with Gasteiger partial charge in [-0.25, -0.2) is 0 Å². The Morgan fingerprint density at radius 2 is 2.10 bits per heavy atom. The fourth-order valence-electron chi connectivity index (χ4n) is 2.11. The van der Waals surface area contributed by atoms with E-state index in [2.05, 4.69) is 5.32 Å². The molecule has 2 rings (SSSR count). The molecule has 0 radical (unpaired) electrons. The molecular weight excluding hydrogens is 274 g/mol. The van der Waals surface area contributed by atoms with Gasteiger partial charge in [-0.1, -0.05) is 30.3 Å². The number of rotatable bonds is 5. The molecular formula is C14H15N3O4. The summed E-state index contributed by atoms with van der Waals surface area (Å²) in [5, 5.41) is 22.9. The number of nitrogens with zero attached hydrogens (tertiary/aromatic N) is 1. The van der Waals surface area contributed by atoms with Crippen LogP contribution in [-0.2, 0) is 11.3 Å². The molecule has 2 atom stereocenters. The van der Waals surface area contributed by atoms with Gasteiger partial charge in [0.15, 0.2) is 0 Å². The molecule has 4 N–H and O–H groups in total. The zero-order valence-electron chi connectivity index (χ0n) is 11.1. The summed E-state index contributed by atoms with van der Waals surface area (Å²) < 4.78 is 0. The highest BCUT2D eigenvalue weighted by Gasteiger charge is 2.40. The fourth-order valence-corrected chi connectivity index (χ4v) is 2.11. The Labute approximate surface area is 120 Å². The lowest BCUT2D eigenvalue weighted by Gasteiger charge is -2.33. The van der Waals surface area contributed by atoms with Crippen molar-refractivity contribution in [1.82, 2.24) is 5.32 Å². The summed E-state index contributed by atoms with van der Waals surface area (Å²) >= 11 is 0. The number of carboxylic acid groups (broad SMARTS) is 1. The van der Waals surface area contributed by atoms with Crippen molar-refractivity contribution >= 4 is 5.97 Å². The first-order chi connectivity index (χ1) is 9.92. The van der Waals surface area contributed by atoms with Gasteiger partial charge in [0.05, 0.1) is 4.92 Å². The molecule has 1 aliphatic carbocycles. The second-order valence-corrected chi connectivity index (χ2v) is 4.77. The minimum atomic E-state index is -1.37. The minimum absolute atomic E-state index is 0.273. The maximum atomic E-state index is 11.3. The van der Waals surface area contributed by atoms with Gasteiger partial charge < -0.3 is 10.8 Å². The van der Waals surface area contributed by atoms with Gasteiger partial charge in [-0.3, -0.25) is 20.2 Å². The number of carbonyl (C=O) groups is 1. The smallest absolute Gasteiger partial charge is 0.314 e. The third-order valence-corrected chi connectivity index (χ3v) is 3.30. The second kappa shape index (κ2) is 5.86. The van der Waals surface area contributed by atoms with Crippen LogP contribution in [0.2, 0.25) is 0 Å². The molecule has 0 spiro atoms. The van der Waals surface area contributed by atoms with Crippen LogP contribution in [0.4, 0.5) is 0 Å². The Bertz CT molecular complexity index is 612. The Hall–Kier alpha value is -2.51. The monoisotopic (exact) mass is 289 g/mol. The summed E-state index contributed by atoms with van der Waals surface area (Å²) in [5.41, 5.74) is 5.36. The standard InChI is InChI=1S/C14H15N3O4/c15-14(16-9-10-4-2-1-3-5-10)7-6-11(17(20)21)8-12(14)13(18)19/h1-8,12,16H,9,15H2,(H,18,19). The molecule has 0 saturated heterocycles. The van der Waals surface area contributed by atoms with Crippen LogP contribution in [0.1, 0.15) is 5.56 Å². The zero-order valence-corrected chi connectivity index (χ0v) is 11.1. The lowest BCUT2D eigenvalue weighted by Crippen LogP contribution is -2.59. The lowest BCUT2D eigenvalue weighted by atomic mass is 9.87. The first-order valence-corrected chi connectivity index (χ1v) is 6.28. The summed E-state index contributed by atoms with van der Waals surface area (Å²) in [5.74, 6) is -2.44. The molecule has 21 heavy (non-hydrogen) atoms. The first-order valence-electron chi connectivity index (χ1n) is 6.28. The predicted molar refractivity (Wildman–Crippen MR) is 75.5 cm³/mol. The topological polar surface area (TPSA) is 118 Å². The van der Waals surface area contributed by atoms with E-state index in [9.17, 15) is 20.0 Å². The Morgan fingerprint density at radius 3 is 2.67 bits per heavy atom. The van der Waals surface area contributed by atoms with Crippen LogP contribution in [0.3, 0.4) is 0 Å². The van der Waals surface area contributed by atoms with E-state index in [-0.39, 0.29) is 5.70 Å². The molecule has 0 saturated carbocycles. The Morgan fingerprint density at radius 1 is 1.43 bits per heavy atom. The largest absolute Gasteiger partial charge is 0.481 e. The van der Waals surface area contributed by atoms with Gasteiger partial charge in [0.2, 0.25) is 0 Å². The lowest BCUT2D eigenvalue weighted by molar-refractivity contribution is -0.419. The molecule has 7 heteroatoms. The van der Waals surface area contributed by atoms with Crippen LogP contribution in [-0.4, -0.2) is 21.7 Å². The summed E-state index contributed by atoms with van der Waals surface area (Å²) in [7, 11) is 0. The minimum Gasteiger partial charge on any atom is -0.481 e. The van der Waals surface area contributed by atoms with Crippen LogP contribution in [0.15, 0.2) is 54.3 Å². The van der Waals surface area contributed by atoms with Gasteiger partial charge in [-0.15, -0.1) is 0 Å². The fraction of sp³-hybridized carbons (Fsp3) is 0.214. The van der Waals surface area contributed by atoms with Crippen molar-refractivity contribution in [2.24, 2.45) is 11.7 Å². The zero-order chi connectivity index (χ0) is 15.5. The number of hydrogen-bond acceptors (Lipinski definition) is 5. The van der Waals surface area contributed by atoms with E-state index in [1.54, 1.807) is 0 Å². The number of nitrogens with two attached hydrogens (primary N) is 1. The number of allylic oxidation sites excluding steroid dienone is 1. The van der Waals surface area contributed by atoms with Gasteiger partial charge in [-0.05, 0) is 11.6 Å². The number of benzene rings is 1. The molecule has 0 aromatic heterocycles. The molecule has 0 aliphatic heterocycles. The van der Waals surface area contributed by atoms with Crippen LogP contribution in [0.5, 0.6) is 0 Å². The summed E-state index contributed by atoms with van der Waals surface area (Å²) in [6.45, 7) is 0.354. The van der Waals surface area contributed by atoms with Crippen LogP contribution in [0, 0.1) is 16.0 Å². The van der Waals surface area contributed by atoms with Crippen molar-refractivity contribution in [2.45, 2.75) is 12.2 Å². The molecule has 2 unspecified atom stereocenters. The van der Waals surface area contributed by atoms with Crippen LogP contribution >= 0.6 is 0 Å². The van der Waals surface area contributed by atoms with E-state index >= 15 is 0 Å². The quantitative estimate of drug-likeness (QED) is 0.420. The van der Waals surface area contributed by atoms with E-state index in [1.807, 2.05) is 30.3 Å². The molecule has 1 aromatic carbocycles. The molecule has 0 heterocycles. The third-order valence-electron chi connectivity index (χ3n) is 3.30. The molecule has 1 aromatic rings. The summed E-state index contributed by atoms with van der Waals surface area (Å²) in [6.07, 6.45) is 3.60. The van der Waals surface area contributed by atoms with E-state index in [4.69, 9.17) is 5.73 Å². The van der Waals surface area contributed by atoms with Gasteiger partial charge in [0.1, 0.15) is 11.6 Å².